The molecule has 5 rings (SSSR count). The predicted molar refractivity (Wildman–Crippen MR) is 193 cm³/mol. The number of hydrogen-bond acceptors (Lipinski definition) is 25. The molecule has 0 aromatic heterocycles. The smallest absolute Gasteiger partial charge is 0.217 e. The van der Waals surface area contributed by atoms with Crippen molar-refractivity contribution in [1.82, 2.24) is 10.6 Å². The Labute approximate surface area is 353 Å². The van der Waals surface area contributed by atoms with Crippen LogP contribution in [0.25, 0.3) is 0 Å². The number of aliphatic hydroxyl groups excluding tert-OH is 14. The molecule has 0 saturated carbocycles. The summed E-state index contributed by atoms with van der Waals surface area (Å²) in [5.74, 6) is -1.29. The zero-order chi connectivity index (χ0) is 45.9. The molecule has 5 aliphatic heterocycles. The minimum absolute atomic E-state index is 0.533. The van der Waals surface area contributed by atoms with Crippen LogP contribution in [0.15, 0.2) is 0 Å². The van der Waals surface area contributed by atoms with E-state index in [0.29, 0.717) is 0 Å². The van der Waals surface area contributed by atoms with Crippen LogP contribution < -0.4 is 10.6 Å². The highest BCUT2D eigenvalue weighted by Gasteiger charge is 2.56. The Morgan fingerprint density at radius 2 is 0.839 bits per heavy atom. The van der Waals surface area contributed by atoms with Gasteiger partial charge < -0.3 is 125 Å². The number of hydrogen-bond donors (Lipinski definition) is 16. The Bertz CT molecular complexity index is 1440. The third-order valence-electron chi connectivity index (χ3n) is 11.4. The Morgan fingerprint density at radius 1 is 0.435 bits per heavy atom. The molecule has 360 valence electrons. The van der Waals surface area contributed by atoms with Gasteiger partial charge in [-0.3, -0.25) is 9.59 Å². The van der Waals surface area contributed by atoms with E-state index < -0.39 is 198 Å². The number of carbonyl (C=O) groups is 2. The van der Waals surface area contributed by atoms with Crippen molar-refractivity contribution in [2.24, 2.45) is 0 Å². The zero-order valence-corrected chi connectivity index (χ0v) is 33.7. The first-order valence-electron chi connectivity index (χ1n) is 19.9. The van der Waals surface area contributed by atoms with Crippen molar-refractivity contribution in [2.45, 2.75) is 174 Å². The standard InChI is InChI=1S/C35H60N2O25/c1-9-17(36-10(2)42)22(47)29(14(6-40)55-9)60-32-18(37-11(3)43)23(48)30(15(7-41)58-32)61-35-28(53)31(62-34-27(52)25(50)20(45)13(5-39)57-34)21(46)16(59-35)8-54-33-26(51)24(49)19(44)12(4-38)56-33/h9,12-35,38-41,44-53H,4-8H2,1-3H3,(H,36,42)(H,37,43)/t9-,12?,13+,14?,15?,16?,17+,18-,19+,20+,21+,22?,23?,24?,25?,26+,27?,28+,29+,30+,31?,32-,33-,34+,35-/m0/s1. The quantitative estimate of drug-likeness (QED) is 0.0725. The fraction of sp³-hybridized carbons (Fsp3) is 0.943. The molecule has 10 unspecified atom stereocenters. The Balaban J connectivity index is 1.41. The molecule has 0 aromatic carbocycles. The second-order valence-electron chi connectivity index (χ2n) is 15.8. The molecule has 2 amide bonds. The van der Waals surface area contributed by atoms with Crippen molar-refractivity contribution in [3.63, 3.8) is 0 Å². The van der Waals surface area contributed by atoms with E-state index >= 15 is 0 Å². The van der Waals surface area contributed by atoms with Crippen LogP contribution in [0.1, 0.15) is 20.8 Å². The summed E-state index contributed by atoms with van der Waals surface area (Å²) in [5.41, 5.74) is 0. The van der Waals surface area contributed by atoms with Gasteiger partial charge in [-0.25, -0.2) is 0 Å². The molecule has 0 bridgehead atoms. The van der Waals surface area contributed by atoms with Gasteiger partial charge in [-0.1, -0.05) is 0 Å². The largest absolute Gasteiger partial charge is 0.394 e. The Kier molecular flexibility index (Phi) is 18.1. The van der Waals surface area contributed by atoms with Gasteiger partial charge in [0.25, 0.3) is 0 Å². The summed E-state index contributed by atoms with van der Waals surface area (Å²) < 4.78 is 51.6. The summed E-state index contributed by atoms with van der Waals surface area (Å²) in [6, 6.07) is -2.68. The summed E-state index contributed by atoms with van der Waals surface area (Å²) in [4.78, 5) is 24.4. The highest BCUT2D eigenvalue weighted by molar-refractivity contribution is 5.73. The number of carbonyl (C=O) groups excluding carboxylic acids is 2. The van der Waals surface area contributed by atoms with E-state index in [1.165, 1.54) is 13.8 Å². The average molecular weight is 909 g/mol. The van der Waals surface area contributed by atoms with Crippen LogP contribution in [-0.2, 0) is 52.2 Å². The van der Waals surface area contributed by atoms with Gasteiger partial charge in [0, 0.05) is 13.8 Å². The Hall–Kier alpha value is -1.98. The van der Waals surface area contributed by atoms with Crippen molar-refractivity contribution in [3.05, 3.63) is 0 Å². The third kappa shape index (κ3) is 11.0. The van der Waals surface area contributed by atoms with Crippen molar-refractivity contribution in [2.75, 3.05) is 33.0 Å². The number of aliphatic hydroxyl groups is 14. The van der Waals surface area contributed by atoms with Gasteiger partial charge in [0.1, 0.15) is 116 Å². The maximum atomic E-state index is 12.5. The lowest BCUT2D eigenvalue weighted by Crippen LogP contribution is -2.70. The summed E-state index contributed by atoms with van der Waals surface area (Å²) in [5, 5.41) is 153. The van der Waals surface area contributed by atoms with Crippen molar-refractivity contribution in [1.29, 1.82) is 0 Å². The van der Waals surface area contributed by atoms with Gasteiger partial charge in [-0.15, -0.1) is 0 Å². The Morgan fingerprint density at radius 3 is 1.37 bits per heavy atom. The fourth-order valence-electron chi connectivity index (χ4n) is 7.98. The second-order valence-corrected chi connectivity index (χ2v) is 15.8. The third-order valence-corrected chi connectivity index (χ3v) is 11.4. The molecule has 27 heteroatoms. The van der Waals surface area contributed by atoms with Gasteiger partial charge >= 0.3 is 0 Å². The molecule has 0 spiro atoms. The van der Waals surface area contributed by atoms with E-state index in [1.807, 2.05) is 0 Å². The van der Waals surface area contributed by atoms with Crippen molar-refractivity contribution in [3.8, 4) is 0 Å². The van der Waals surface area contributed by atoms with Gasteiger partial charge in [-0.05, 0) is 6.92 Å². The van der Waals surface area contributed by atoms with Crippen LogP contribution in [0, 0.1) is 0 Å². The highest BCUT2D eigenvalue weighted by atomic mass is 16.8. The summed E-state index contributed by atoms with van der Waals surface area (Å²) >= 11 is 0. The fourth-order valence-corrected chi connectivity index (χ4v) is 7.98. The summed E-state index contributed by atoms with van der Waals surface area (Å²) in [7, 11) is 0. The highest BCUT2D eigenvalue weighted by Crippen LogP contribution is 2.35. The van der Waals surface area contributed by atoms with E-state index in [2.05, 4.69) is 10.6 Å². The van der Waals surface area contributed by atoms with Crippen molar-refractivity contribution < 1.29 is 124 Å². The van der Waals surface area contributed by atoms with E-state index in [1.54, 1.807) is 0 Å². The second kappa shape index (κ2) is 22.0. The lowest BCUT2D eigenvalue weighted by molar-refractivity contribution is -0.383. The first kappa shape index (κ1) is 51.0. The molecular weight excluding hydrogens is 848 g/mol. The molecule has 5 heterocycles. The maximum Gasteiger partial charge on any atom is 0.217 e. The molecule has 0 aliphatic carbocycles. The maximum absolute atomic E-state index is 12.5. The first-order valence-corrected chi connectivity index (χ1v) is 19.9. The molecule has 5 fully saturated rings. The van der Waals surface area contributed by atoms with Crippen LogP contribution >= 0.6 is 0 Å². The van der Waals surface area contributed by atoms with Crippen LogP contribution in [0.4, 0.5) is 0 Å². The minimum Gasteiger partial charge on any atom is -0.394 e. The van der Waals surface area contributed by atoms with Crippen LogP contribution in [0.2, 0.25) is 0 Å². The van der Waals surface area contributed by atoms with E-state index in [-0.39, 0.29) is 0 Å². The molecule has 0 aromatic rings. The molecular formula is C35H60N2O25. The number of amides is 2. The van der Waals surface area contributed by atoms with Gasteiger partial charge in [0.2, 0.25) is 11.8 Å². The minimum atomic E-state index is -2.16. The van der Waals surface area contributed by atoms with E-state index in [4.69, 9.17) is 42.6 Å². The molecule has 25 atom stereocenters. The van der Waals surface area contributed by atoms with Crippen molar-refractivity contribution >= 4 is 11.8 Å². The lowest BCUT2D eigenvalue weighted by atomic mass is 9.92. The van der Waals surface area contributed by atoms with Crippen LogP contribution in [0.3, 0.4) is 0 Å². The summed E-state index contributed by atoms with van der Waals surface area (Å²) in [6.07, 6.45) is -40.1. The first-order chi connectivity index (χ1) is 29.3. The molecule has 5 aliphatic rings. The molecule has 27 nitrogen and oxygen atoms in total. The zero-order valence-electron chi connectivity index (χ0n) is 33.7. The predicted octanol–water partition coefficient (Wildman–Crippen LogP) is -10.6. The normalized spacial score (nSPS) is 49.0. The van der Waals surface area contributed by atoms with E-state index in [9.17, 15) is 81.1 Å². The average Bonchev–Trinajstić information content (AvgIpc) is 3.23. The van der Waals surface area contributed by atoms with Crippen LogP contribution in [0.5, 0.6) is 0 Å². The van der Waals surface area contributed by atoms with Crippen LogP contribution in [-0.4, -0.2) is 270 Å². The van der Waals surface area contributed by atoms with Gasteiger partial charge in [0.15, 0.2) is 25.2 Å². The number of nitrogens with one attached hydrogen (secondary N) is 2. The monoisotopic (exact) mass is 908 g/mol. The van der Waals surface area contributed by atoms with E-state index in [0.717, 1.165) is 6.92 Å². The van der Waals surface area contributed by atoms with Gasteiger partial charge in [0.05, 0.1) is 45.2 Å². The molecule has 5 saturated heterocycles. The SMILES string of the molecule is CC(=O)N[C@H]1C(O)[C@H](O[C@@H]2OC(CO[C@H]3OC(CO)[C@@H](O)C(O)[C@H]3O)[C@@H](O)C(O[C@H]3O[C@H](CO)[C@@H](O)C(O)C3O)[C@H]2O)C(CO)O[C@H]1O[C@@H]1C(CO)O[C@@H](C)[C@@H](NC(C)=O)C1O. The van der Waals surface area contributed by atoms with Gasteiger partial charge in [-0.2, -0.15) is 0 Å². The molecule has 0 radical (unpaired) electrons. The number of rotatable bonds is 15. The summed E-state index contributed by atoms with van der Waals surface area (Å²) in [6.45, 7) is -0.399. The topological polar surface area (TPSA) is 424 Å². The lowest BCUT2D eigenvalue weighted by Gasteiger charge is -2.50. The molecule has 62 heavy (non-hydrogen) atoms. The molecule has 16 N–H and O–H groups in total. The number of ether oxygens (including phenoxy) is 9.